The first-order valence-electron chi connectivity index (χ1n) is 11.2. The number of hydrogen-bond donors (Lipinski definition) is 3. The maximum atomic E-state index is 13.4. The molecule has 0 unspecified atom stereocenters. The highest BCUT2D eigenvalue weighted by Crippen LogP contribution is 2.27. The lowest BCUT2D eigenvalue weighted by atomic mass is 10.1. The van der Waals surface area contributed by atoms with Crippen LogP contribution in [0.4, 0.5) is 15.8 Å². The molecule has 0 saturated carbocycles. The Hall–Kier alpha value is -3.91. The molecule has 4 aromatic rings. The third-order valence-electron chi connectivity index (χ3n) is 5.59. The zero-order valence-electron chi connectivity index (χ0n) is 19.6. The fraction of sp³-hybridized carbons (Fsp3) is 0.231. The summed E-state index contributed by atoms with van der Waals surface area (Å²) in [7, 11) is 5.89. The van der Waals surface area contributed by atoms with Crippen molar-refractivity contribution in [3.05, 3.63) is 83.8 Å². The van der Waals surface area contributed by atoms with E-state index in [2.05, 4.69) is 25.9 Å². The first kappa shape index (κ1) is 23.3. The molecule has 1 heterocycles. The lowest BCUT2D eigenvalue weighted by Gasteiger charge is -2.14. The van der Waals surface area contributed by atoms with Gasteiger partial charge in [0, 0.05) is 43.4 Å². The van der Waals surface area contributed by atoms with Crippen molar-refractivity contribution in [1.29, 1.82) is 0 Å². The fourth-order valence-electron chi connectivity index (χ4n) is 3.70. The zero-order valence-corrected chi connectivity index (χ0v) is 19.6. The van der Waals surface area contributed by atoms with Gasteiger partial charge in [0.15, 0.2) is 0 Å². The number of halogens is 1. The van der Waals surface area contributed by atoms with Crippen LogP contribution in [0.15, 0.2) is 66.9 Å². The van der Waals surface area contributed by atoms with Crippen LogP contribution in [0.2, 0.25) is 0 Å². The number of rotatable bonds is 9. The standard InChI is InChI=1S/C26H29FN6O/c1-28-20-8-4-18(5-9-20)16-30-26(34)23-14-21(29-12-13-32(2)3)15-25-24(23)17-31-33(25)22-10-6-19(27)7-11-22/h4-11,14-15,17,28-29H,12-13,16H2,1-3H3,(H,30,34). The summed E-state index contributed by atoms with van der Waals surface area (Å²) in [5, 5.41) is 14.7. The monoisotopic (exact) mass is 460 g/mol. The lowest BCUT2D eigenvalue weighted by Crippen LogP contribution is -2.24. The molecule has 0 atom stereocenters. The Morgan fingerprint density at radius 1 is 1.03 bits per heavy atom. The van der Waals surface area contributed by atoms with Crippen molar-refractivity contribution in [3.63, 3.8) is 0 Å². The van der Waals surface area contributed by atoms with E-state index < -0.39 is 0 Å². The SMILES string of the molecule is CNc1ccc(CNC(=O)c2cc(NCCN(C)C)cc3c2cnn3-c2ccc(F)cc2)cc1. The van der Waals surface area contributed by atoms with E-state index >= 15 is 0 Å². The summed E-state index contributed by atoms with van der Waals surface area (Å²) in [5.74, 6) is -0.494. The van der Waals surface area contributed by atoms with Gasteiger partial charge < -0.3 is 20.9 Å². The molecule has 34 heavy (non-hydrogen) atoms. The van der Waals surface area contributed by atoms with Crippen LogP contribution in [0.1, 0.15) is 15.9 Å². The van der Waals surface area contributed by atoms with Gasteiger partial charge in [-0.1, -0.05) is 12.1 Å². The molecule has 1 aromatic heterocycles. The Morgan fingerprint density at radius 3 is 2.44 bits per heavy atom. The van der Waals surface area contributed by atoms with E-state index in [1.54, 1.807) is 23.0 Å². The summed E-state index contributed by atoms with van der Waals surface area (Å²) in [5.41, 5.74) is 4.86. The minimum atomic E-state index is -0.311. The number of likely N-dealkylation sites (N-methyl/N-ethyl adjacent to an activating group) is 1. The highest BCUT2D eigenvalue weighted by molar-refractivity contribution is 6.07. The third-order valence-corrected chi connectivity index (χ3v) is 5.59. The van der Waals surface area contributed by atoms with Crippen molar-refractivity contribution in [3.8, 4) is 5.69 Å². The van der Waals surface area contributed by atoms with Gasteiger partial charge in [0.1, 0.15) is 5.82 Å². The summed E-state index contributed by atoms with van der Waals surface area (Å²) < 4.78 is 15.2. The number of nitrogens with zero attached hydrogens (tertiary/aromatic N) is 3. The van der Waals surface area contributed by atoms with Crippen LogP contribution in [0.3, 0.4) is 0 Å². The van der Waals surface area contributed by atoms with Gasteiger partial charge in [0.25, 0.3) is 5.91 Å². The predicted octanol–water partition coefficient (Wildman–Crippen LogP) is 4.11. The number of fused-ring (bicyclic) bond motifs is 1. The van der Waals surface area contributed by atoms with Gasteiger partial charge >= 0.3 is 0 Å². The van der Waals surface area contributed by atoms with Crippen LogP contribution in [-0.2, 0) is 6.54 Å². The van der Waals surface area contributed by atoms with E-state index in [0.717, 1.165) is 46.6 Å². The molecule has 0 radical (unpaired) electrons. The van der Waals surface area contributed by atoms with Gasteiger partial charge in [0.05, 0.1) is 23.0 Å². The van der Waals surface area contributed by atoms with Crippen molar-refractivity contribution in [2.24, 2.45) is 0 Å². The van der Waals surface area contributed by atoms with E-state index in [4.69, 9.17) is 0 Å². The van der Waals surface area contributed by atoms with Gasteiger partial charge in [-0.15, -0.1) is 0 Å². The van der Waals surface area contributed by atoms with Crippen LogP contribution >= 0.6 is 0 Å². The Labute approximate surface area is 198 Å². The van der Waals surface area contributed by atoms with Crippen LogP contribution in [-0.4, -0.2) is 54.8 Å². The quantitative estimate of drug-likeness (QED) is 0.351. The second-order valence-electron chi connectivity index (χ2n) is 8.35. The number of aromatic nitrogens is 2. The maximum Gasteiger partial charge on any atom is 0.252 e. The minimum Gasteiger partial charge on any atom is -0.388 e. The van der Waals surface area contributed by atoms with Crippen LogP contribution in [0.25, 0.3) is 16.6 Å². The van der Waals surface area contributed by atoms with Crippen molar-refractivity contribution in [2.45, 2.75) is 6.54 Å². The molecule has 3 N–H and O–H groups in total. The van der Waals surface area contributed by atoms with Gasteiger partial charge in [-0.25, -0.2) is 9.07 Å². The van der Waals surface area contributed by atoms with Gasteiger partial charge in [-0.05, 0) is 68.2 Å². The summed E-state index contributed by atoms with van der Waals surface area (Å²) in [4.78, 5) is 15.3. The van der Waals surface area contributed by atoms with E-state index in [1.165, 1.54) is 12.1 Å². The van der Waals surface area contributed by atoms with Gasteiger partial charge in [-0.2, -0.15) is 5.10 Å². The third kappa shape index (κ3) is 5.35. The van der Waals surface area contributed by atoms with E-state index in [1.807, 2.05) is 57.5 Å². The minimum absolute atomic E-state index is 0.183. The van der Waals surface area contributed by atoms with E-state index in [-0.39, 0.29) is 11.7 Å². The summed E-state index contributed by atoms with van der Waals surface area (Å²) in [6.07, 6.45) is 1.68. The number of amides is 1. The van der Waals surface area contributed by atoms with Crippen molar-refractivity contribution < 1.29 is 9.18 Å². The smallest absolute Gasteiger partial charge is 0.252 e. The molecule has 8 heteroatoms. The van der Waals surface area contributed by atoms with Gasteiger partial charge in [-0.3, -0.25) is 4.79 Å². The van der Waals surface area contributed by atoms with Gasteiger partial charge in [0.2, 0.25) is 0 Å². The molecule has 1 amide bonds. The Morgan fingerprint density at radius 2 is 1.76 bits per heavy atom. The largest absolute Gasteiger partial charge is 0.388 e. The second kappa shape index (κ2) is 10.4. The Balaban J connectivity index is 1.65. The number of hydrogen-bond acceptors (Lipinski definition) is 5. The molecule has 7 nitrogen and oxygen atoms in total. The number of anilines is 2. The molecule has 0 saturated heterocycles. The average Bonchev–Trinajstić information content (AvgIpc) is 3.26. The maximum absolute atomic E-state index is 13.4. The molecule has 0 fully saturated rings. The molecule has 0 spiro atoms. The lowest BCUT2D eigenvalue weighted by molar-refractivity contribution is 0.0952. The molecule has 0 bridgehead atoms. The fourth-order valence-corrected chi connectivity index (χ4v) is 3.70. The van der Waals surface area contributed by atoms with Crippen LogP contribution < -0.4 is 16.0 Å². The molecule has 0 aliphatic heterocycles. The number of nitrogens with one attached hydrogen (secondary N) is 3. The van der Waals surface area contributed by atoms with E-state index in [0.29, 0.717) is 12.1 Å². The predicted molar refractivity (Wildman–Crippen MR) is 135 cm³/mol. The molecule has 0 aliphatic rings. The number of carbonyl (C=O) groups excluding carboxylic acids is 1. The summed E-state index contributed by atoms with van der Waals surface area (Å²) in [6.45, 7) is 1.98. The summed E-state index contributed by atoms with van der Waals surface area (Å²) in [6, 6.07) is 17.9. The summed E-state index contributed by atoms with van der Waals surface area (Å²) >= 11 is 0. The molecule has 176 valence electrons. The number of benzene rings is 3. The topological polar surface area (TPSA) is 74.2 Å². The second-order valence-corrected chi connectivity index (χ2v) is 8.35. The highest BCUT2D eigenvalue weighted by atomic mass is 19.1. The Kier molecular flexibility index (Phi) is 7.08. The molecule has 4 rings (SSSR count). The molecule has 0 aliphatic carbocycles. The van der Waals surface area contributed by atoms with Crippen LogP contribution in [0.5, 0.6) is 0 Å². The van der Waals surface area contributed by atoms with Crippen molar-refractivity contribution in [1.82, 2.24) is 20.0 Å². The first-order chi connectivity index (χ1) is 16.4. The highest BCUT2D eigenvalue weighted by Gasteiger charge is 2.16. The number of carbonyl (C=O) groups is 1. The zero-order chi connectivity index (χ0) is 24.1. The van der Waals surface area contributed by atoms with Crippen molar-refractivity contribution >= 4 is 28.2 Å². The molecular formula is C26H29FN6O. The van der Waals surface area contributed by atoms with Crippen LogP contribution in [0, 0.1) is 5.82 Å². The normalized spacial score (nSPS) is 11.1. The van der Waals surface area contributed by atoms with Crippen molar-refractivity contribution in [2.75, 3.05) is 44.9 Å². The average molecular weight is 461 g/mol. The molecular weight excluding hydrogens is 431 g/mol. The first-order valence-corrected chi connectivity index (χ1v) is 11.2. The molecule has 3 aromatic carbocycles. The van der Waals surface area contributed by atoms with E-state index in [9.17, 15) is 9.18 Å². The Bertz CT molecular complexity index is 1270.